The summed E-state index contributed by atoms with van der Waals surface area (Å²) in [5, 5.41) is 18.3. The number of nitrogens with one attached hydrogen (secondary N) is 1. The van der Waals surface area contributed by atoms with Gasteiger partial charge in [-0.15, -0.1) is 0 Å². The molecule has 0 unspecified atom stereocenters. The van der Waals surface area contributed by atoms with Gasteiger partial charge in [0.05, 0.1) is 4.92 Å². The molecule has 3 rings (SSSR count). The molecule has 9 heteroatoms. The van der Waals surface area contributed by atoms with E-state index in [9.17, 15) is 10.1 Å². The molecule has 0 spiro atoms. The zero-order chi connectivity index (χ0) is 14.8. The van der Waals surface area contributed by atoms with Crippen molar-refractivity contribution in [1.29, 1.82) is 0 Å². The van der Waals surface area contributed by atoms with Crippen molar-refractivity contribution in [2.24, 2.45) is 0 Å². The zero-order valence-corrected chi connectivity index (χ0v) is 11.4. The van der Waals surface area contributed by atoms with Crippen LogP contribution in [0.1, 0.15) is 5.56 Å². The summed E-state index contributed by atoms with van der Waals surface area (Å²) in [5.41, 5.74) is 0.615. The summed E-state index contributed by atoms with van der Waals surface area (Å²) in [4.78, 5) is 18.5. The van der Waals surface area contributed by atoms with E-state index in [1.165, 1.54) is 16.9 Å². The Morgan fingerprint density at radius 2 is 2.19 bits per heavy atom. The number of benzene rings is 1. The molecule has 0 aliphatic heterocycles. The average Bonchev–Trinajstić information content (AvgIpc) is 2.93. The summed E-state index contributed by atoms with van der Waals surface area (Å²) in [7, 11) is 0. The van der Waals surface area contributed by atoms with E-state index >= 15 is 0 Å². The Labute approximate surface area is 123 Å². The molecule has 2 heterocycles. The summed E-state index contributed by atoms with van der Waals surface area (Å²) in [5.74, 6) is 0.910. The molecule has 0 fully saturated rings. The Kier molecular flexibility index (Phi) is 3.36. The number of hydrogen-bond donors (Lipinski definition) is 1. The topological polar surface area (TPSA) is 98.2 Å². The zero-order valence-electron chi connectivity index (χ0n) is 10.6. The van der Waals surface area contributed by atoms with Gasteiger partial charge in [0.25, 0.3) is 11.5 Å². The molecule has 3 aromatic rings. The van der Waals surface area contributed by atoms with E-state index in [4.69, 9.17) is 11.6 Å². The number of para-hydroxylation sites is 1. The van der Waals surface area contributed by atoms with Crippen LogP contribution in [-0.4, -0.2) is 24.5 Å². The maximum absolute atomic E-state index is 11.0. The van der Waals surface area contributed by atoms with Gasteiger partial charge in [-0.25, -0.2) is 0 Å². The highest BCUT2D eigenvalue weighted by Crippen LogP contribution is 2.20. The summed E-state index contributed by atoms with van der Waals surface area (Å²) in [6.07, 6.45) is 1.36. The van der Waals surface area contributed by atoms with E-state index in [1.54, 1.807) is 24.3 Å². The molecule has 106 valence electrons. The van der Waals surface area contributed by atoms with Crippen LogP contribution in [-0.2, 0) is 6.54 Å². The number of anilines is 1. The standard InChI is InChI=1S/C12H9ClN6O2/c13-10-5-11(18-12(17-10)15-7-16-18)14-6-8-3-1-2-4-9(8)19(20)21/h1-5,7,14H,6H2. The number of nitro groups is 1. The fourth-order valence-corrected chi connectivity index (χ4v) is 2.11. The quantitative estimate of drug-likeness (QED) is 0.451. The van der Waals surface area contributed by atoms with Crippen LogP contribution >= 0.6 is 11.6 Å². The van der Waals surface area contributed by atoms with Crippen LogP contribution in [0.25, 0.3) is 5.78 Å². The number of halogens is 1. The number of rotatable bonds is 4. The first-order valence-electron chi connectivity index (χ1n) is 5.97. The van der Waals surface area contributed by atoms with Crippen LogP contribution in [0.4, 0.5) is 11.5 Å². The molecule has 0 aliphatic rings. The Bertz CT molecular complexity index is 818. The van der Waals surface area contributed by atoms with Crippen LogP contribution in [0.15, 0.2) is 36.7 Å². The molecular formula is C12H9ClN6O2. The molecule has 21 heavy (non-hydrogen) atoms. The molecule has 0 amide bonds. The lowest BCUT2D eigenvalue weighted by atomic mass is 10.2. The van der Waals surface area contributed by atoms with E-state index in [-0.39, 0.29) is 17.4 Å². The highest BCUT2D eigenvalue weighted by molar-refractivity contribution is 6.29. The van der Waals surface area contributed by atoms with Gasteiger partial charge in [0, 0.05) is 24.2 Å². The number of fused-ring (bicyclic) bond motifs is 1. The molecule has 0 aliphatic carbocycles. The molecule has 0 saturated heterocycles. The van der Waals surface area contributed by atoms with Gasteiger partial charge >= 0.3 is 0 Å². The van der Waals surface area contributed by atoms with Crippen molar-refractivity contribution in [3.63, 3.8) is 0 Å². The van der Waals surface area contributed by atoms with E-state index in [1.807, 2.05) is 0 Å². The first-order valence-corrected chi connectivity index (χ1v) is 6.35. The smallest absolute Gasteiger partial charge is 0.274 e. The maximum atomic E-state index is 11.0. The average molecular weight is 305 g/mol. The normalized spacial score (nSPS) is 10.7. The van der Waals surface area contributed by atoms with Crippen molar-refractivity contribution >= 4 is 28.9 Å². The first kappa shape index (κ1) is 13.3. The van der Waals surface area contributed by atoms with Crippen LogP contribution in [0.2, 0.25) is 5.15 Å². The molecule has 0 radical (unpaired) electrons. The van der Waals surface area contributed by atoms with Gasteiger partial charge in [-0.2, -0.15) is 19.6 Å². The molecule has 0 saturated carbocycles. The molecule has 8 nitrogen and oxygen atoms in total. The van der Waals surface area contributed by atoms with Crippen molar-refractivity contribution < 1.29 is 4.92 Å². The highest BCUT2D eigenvalue weighted by atomic mass is 35.5. The summed E-state index contributed by atoms with van der Waals surface area (Å²) in [6.45, 7) is 0.256. The molecule has 2 aromatic heterocycles. The minimum Gasteiger partial charge on any atom is -0.365 e. The third-order valence-corrected chi connectivity index (χ3v) is 3.06. The lowest BCUT2D eigenvalue weighted by Gasteiger charge is -2.08. The van der Waals surface area contributed by atoms with Gasteiger partial charge in [-0.3, -0.25) is 10.1 Å². The number of nitrogens with zero attached hydrogens (tertiary/aromatic N) is 5. The lowest BCUT2D eigenvalue weighted by molar-refractivity contribution is -0.385. The second-order valence-corrected chi connectivity index (χ2v) is 4.56. The van der Waals surface area contributed by atoms with Gasteiger partial charge < -0.3 is 5.32 Å². The van der Waals surface area contributed by atoms with Gasteiger partial charge in [0.2, 0.25) is 0 Å². The summed E-state index contributed by atoms with van der Waals surface area (Å²) >= 11 is 5.90. The van der Waals surface area contributed by atoms with Gasteiger partial charge in [0.15, 0.2) is 0 Å². The predicted molar refractivity (Wildman–Crippen MR) is 76.2 cm³/mol. The molecule has 1 aromatic carbocycles. The Hall–Kier alpha value is -2.74. The van der Waals surface area contributed by atoms with Gasteiger partial charge in [0.1, 0.15) is 17.3 Å². The monoisotopic (exact) mass is 304 g/mol. The van der Waals surface area contributed by atoms with Crippen LogP contribution in [0.5, 0.6) is 0 Å². The largest absolute Gasteiger partial charge is 0.365 e. The SMILES string of the molecule is O=[N+]([O-])c1ccccc1CNc1cc(Cl)nc2ncnn12. The summed E-state index contributed by atoms with van der Waals surface area (Å²) < 4.78 is 1.47. The minimum atomic E-state index is -0.415. The third-order valence-electron chi connectivity index (χ3n) is 2.87. The van der Waals surface area contributed by atoms with Crippen LogP contribution in [0.3, 0.4) is 0 Å². The van der Waals surface area contributed by atoms with Gasteiger partial charge in [-0.1, -0.05) is 29.8 Å². The first-order chi connectivity index (χ1) is 10.1. The van der Waals surface area contributed by atoms with E-state index in [0.717, 1.165) is 0 Å². The number of hydrogen-bond acceptors (Lipinski definition) is 6. The van der Waals surface area contributed by atoms with Crippen molar-refractivity contribution in [3.05, 3.63) is 57.5 Å². The number of aromatic nitrogens is 4. The molecule has 0 bridgehead atoms. The van der Waals surface area contributed by atoms with Crippen molar-refractivity contribution in [2.75, 3.05) is 5.32 Å². The Morgan fingerprint density at radius 1 is 1.38 bits per heavy atom. The van der Waals surface area contributed by atoms with E-state index in [2.05, 4.69) is 20.4 Å². The highest BCUT2D eigenvalue weighted by Gasteiger charge is 2.13. The van der Waals surface area contributed by atoms with E-state index < -0.39 is 4.92 Å². The van der Waals surface area contributed by atoms with Crippen LogP contribution in [0, 0.1) is 10.1 Å². The van der Waals surface area contributed by atoms with Crippen molar-refractivity contribution in [2.45, 2.75) is 6.54 Å². The van der Waals surface area contributed by atoms with Crippen molar-refractivity contribution in [1.82, 2.24) is 19.6 Å². The summed E-state index contributed by atoms with van der Waals surface area (Å²) in [6, 6.07) is 8.10. The predicted octanol–water partition coefficient (Wildman–Crippen LogP) is 2.30. The van der Waals surface area contributed by atoms with Crippen molar-refractivity contribution in [3.8, 4) is 0 Å². The molecule has 0 atom stereocenters. The van der Waals surface area contributed by atoms with Crippen LogP contribution < -0.4 is 5.32 Å². The second-order valence-electron chi connectivity index (χ2n) is 4.18. The number of nitro benzene ring substituents is 1. The second kappa shape index (κ2) is 5.33. The fourth-order valence-electron chi connectivity index (χ4n) is 1.93. The molecular weight excluding hydrogens is 296 g/mol. The Balaban J connectivity index is 1.90. The van der Waals surface area contributed by atoms with E-state index in [0.29, 0.717) is 17.2 Å². The van der Waals surface area contributed by atoms with Gasteiger partial charge in [-0.05, 0) is 0 Å². The maximum Gasteiger partial charge on any atom is 0.274 e. The molecule has 1 N–H and O–H groups in total. The fraction of sp³-hybridized carbons (Fsp3) is 0.0833. The lowest BCUT2D eigenvalue weighted by Crippen LogP contribution is -2.07. The minimum absolute atomic E-state index is 0.0555. The third kappa shape index (κ3) is 2.61. The Morgan fingerprint density at radius 3 is 3.00 bits per heavy atom.